The number of furan rings is 1. The lowest BCUT2D eigenvalue weighted by molar-refractivity contribution is -0.277. The maximum absolute atomic E-state index is 12.7. The molecule has 0 radical (unpaired) electrons. The van der Waals surface area contributed by atoms with E-state index in [1.807, 2.05) is 12.2 Å². The standard InChI is InChI=1S/C28H36O10/c1-3-35-27(33)15-9-10-16-17(11-15)24(38-28-23(32)22(31)21(30)19(12-29)37-28)26(34-2)25-20(16)18(13-36-25)14-7-5-4-6-8-14/h9-10,13-15,19,21-23,28-32H,3-8,11-12H2,1-2H3. The fraction of sp³-hybridized carbons (Fsp3) is 0.607. The summed E-state index contributed by atoms with van der Waals surface area (Å²) in [6, 6.07) is 0. The Bertz CT molecular complexity index is 1180. The number of esters is 1. The van der Waals surface area contributed by atoms with Crippen molar-refractivity contribution in [3.8, 4) is 11.5 Å². The minimum atomic E-state index is -1.61. The van der Waals surface area contributed by atoms with Gasteiger partial charge >= 0.3 is 5.97 Å². The molecule has 5 rings (SSSR count). The summed E-state index contributed by atoms with van der Waals surface area (Å²) in [5, 5.41) is 41.7. The predicted octanol–water partition coefficient (Wildman–Crippen LogP) is 2.42. The second-order valence-electron chi connectivity index (χ2n) is 10.2. The Labute approximate surface area is 220 Å². The van der Waals surface area contributed by atoms with Crippen molar-refractivity contribution < 1.29 is 48.6 Å². The number of methoxy groups -OCH3 is 1. The third-order valence-corrected chi connectivity index (χ3v) is 7.94. The molecule has 2 aromatic rings. The number of fused-ring (bicyclic) bond motifs is 3. The molecule has 10 nitrogen and oxygen atoms in total. The molecule has 2 heterocycles. The molecule has 3 aliphatic rings. The van der Waals surface area contributed by atoms with E-state index in [2.05, 4.69) is 0 Å². The Morgan fingerprint density at radius 2 is 1.84 bits per heavy atom. The number of ether oxygens (including phenoxy) is 4. The molecule has 2 aliphatic carbocycles. The van der Waals surface area contributed by atoms with Gasteiger partial charge in [0, 0.05) is 16.5 Å². The predicted molar refractivity (Wildman–Crippen MR) is 136 cm³/mol. The highest BCUT2D eigenvalue weighted by molar-refractivity contribution is 5.99. The lowest BCUT2D eigenvalue weighted by atomic mass is 9.80. The molecule has 38 heavy (non-hydrogen) atoms. The van der Waals surface area contributed by atoms with E-state index in [0.717, 1.165) is 42.2 Å². The van der Waals surface area contributed by atoms with Crippen LogP contribution in [0.2, 0.25) is 0 Å². The van der Waals surface area contributed by atoms with Gasteiger partial charge in [0.2, 0.25) is 12.0 Å². The van der Waals surface area contributed by atoms with E-state index in [1.165, 1.54) is 13.5 Å². The third-order valence-electron chi connectivity index (χ3n) is 7.94. The summed E-state index contributed by atoms with van der Waals surface area (Å²) in [7, 11) is 1.48. The summed E-state index contributed by atoms with van der Waals surface area (Å²) in [5.74, 6) is -0.121. The second-order valence-corrected chi connectivity index (χ2v) is 10.2. The summed E-state index contributed by atoms with van der Waals surface area (Å²) in [6.07, 6.45) is 4.04. The smallest absolute Gasteiger partial charge is 0.313 e. The van der Waals surface area contributed by atoms with Crippen LogP contribution in [0.4, 0.5) is 0 Å². The van der Waals surface area contributed by atoms with Gasteiger partial charge in [-0.3, -0.25) is 4.79 Å². The Kier molecular flexibility index (Phi) is 7.97. The van der Waals surface area contributed by atoms with Crippen LogP contribution >= 0.6 is 0 Å². The Hall–Kier alpha value is -2.63. The van der Waals surface area contributed by atoms with E-state index >= 15 is 0 Å². The molecule has 0 spiro atoms. The number of rotatable bonds is 7. The van der Waals surface area contributed by atoms with Crippen LogP contribution in [0.1, 0.15) is 61.6 Å². The largest absolute Gasteiger partial charge is 0.490 e. The van der Waals surface area contributed by atoms with Crippen molar-refractivity contribution in [1.82, 2.24) is 0 Å². The molecule has 6 atom stereocenters. The summed E-state index contributed by atoms with van der Waals surface area (Å²) < 4.78 is 28.9. The van der Waals surface area contributed by atoms with Crippen molar-refractivity contribution in [3.05, 3.63) is 29.0 Å². The molecule has 208 valence electrons. The first kappa shape index (κ1) is 27.0. The average molecular weight is 533 g/mol. The van der Waals surface area contributed by atoms with Crippen LogP contribution in [0.15, 0.2) is 16.8 Å². The fourth-order valence-corrected chi connectivity index (χ4v) is 5.93. The van der Waals surface area contributed by atoms with Gasteiger partial charge in [0.1, 0.15) is 24.4 Å². The summed E-state index contributed by atoms with van der Waals surface area (Å²) in [6.45, 7) is 1.41. The zero-order chi connectivity index (χ0) is 27.0. The van der Waals surface area contributed by atoms with E-state index in [0.29, 0.717) is 17.1 Å². The zero-order valence-electron chi connectivity index (χ0n) is 21.7. The molecule has 1 aromatic heterocycles. The lowest BCUT2D eigenvalue weighted by Crippen LogP contribution is -2.60. The van der Waals surface area contributed by atoms with Crippen LogP contribution in [0.5, 0.6) is 11.5 Å². The molecular weight excluding hydrogens is 496 g/mol. The summed E-state index contributed by atoms with van der Waals surface area (Å²) in [5.41, 5.74) is 3.05. The van der Waals surface area contributed by atoms with Crippen LogP contribution in [0, 0.1) is 5.92 Å². The Morgan fingerprint density at radius 3 is 2.53 bits per heavy atom. The molecule has 4 N–H and O–H groups in total. The number of benzene rings is 1. The number of hydrogen-bond donors (Lipinski definition) is 4. The molecule has 0 amide bonds. The number of carbonyl (C=O) groups excluding carboxylic acids is 1. The normalized spacial score (nSPS) is 29.7. The monoisotopic (exact) mass is 532 g/mol. The first-order valence-corrected chi connectivity index (χ1v) is 13.3. The first-order chi connectivity index (χ1) is 18.4. The van der Waals surface area contributed by atoms with E-state index in [-0.39, 0.29) is 30.5 Å². The van der Waals surface area contributed by atoms with E-state index in [4.69, 9.17) is 23.4 Å². The first-order valence-electron chi connectivity index (χ1n) is 13.3. The number of aliphatic hydroxyl groups is 4. The van der Waals surface area contributed by atoms with Crippen LogP contribution in [0.3, 0.4) is 0 Å². The summed E-state index contributed by atoms with van der Waals surface area (Å²) in [4.78, 5) is 12.7. The zero-order valence-corrected chi connectivity index (χ0v) is 21.7. The quantitative estimate of drug-likeness (QED) is 0.392. The molecule has 1 aromatic carbocycles. The highest BCUT2D eigenvalue weighted by atomic mass is 16.7. The van der Waals surface area contributed by atoms with Crippen LogP contribution < -0.4 is 9.47 Å². The van der Waals surface area contributed by atoms with E-state index < -0.39 is 43.2 Å². The van der Waals surface area contributed by atoms with Gasteiger partial charge in [-0.15, -0.1) is 0 Å². The highest BCUT2D eigenvalue weighted by Crippen LogP contribution is 2.50. The molecular formula is C28H36O10. The SMILES string of the molecule is CCOC(=O)C1C=Cc2c(c(OC3OC(CO)C(O)C(O)C3O)c(OC)c3occ(C4CCCCC4)c23)C1. The lowest BCUT2D eigenvalue weighted by Gasteiger charge is -2.40. The minimum absolute atomic E-state index is 0.197. The topological polar surface area (TPSA) is 148 Å². The third kappa shape index (κ3) is 4.69. The Morgan fingerprint density at radius 1 is 1.08 bits per heavy atom. The maximum atomic E-state index is 12.7. The maximum Gasteiger partial charge on any atom is 0.313 e. The molecule has 1 saturated carbocycles. The summed E-state index contributed by atoms with van der Waals surface area (Å²) >= 11 is 0. The van der Waals surface area contributed by atoms with Crippen molar-refractivity contribution in [2.45, 2.75) is 82.1 Å². The second kappa shape index (κ2) is 11.2. The van der Waals surface area contributed by atoms with Crippen molar-refractivity contribution in [2.75, 3.05) is 20.3 Å². The van der Waals surface area contributed by atoms with E-state index in [1.54, 1.807) is 13.2 Å². The van der Waals surface area contributed by atoms with Crippen LogP contribution in [0.25, 0.3) is 17.0 Å². The van der Waals surface area contributed by atoms with Crippen molar-refractivity contribution in [2.24, 2.45) is 5.92 Å². The molecule has 2 fully saturated rings. The van der Waals surface area contributed by atoms with Gasteiger partial charge in [0.15, 0.2) is 11.3 Å². The van der Waals surface area contributed by atoms with Gasteiger partial charge in [0.25, 0.3) is 0 Å². The van der Waals surface area contributed by atoms with Gasteiger partial charge < -0.3 is 43.8 Å². The van der Waals surface area contributed by atoms with Crippen molar-refractivity contribution in [3.63, 3.8) is 0 Å². The van der Waals surface area contributed by atoms with Gasteiger partial charge in [-0.25, -0.2) is 0 Å². The molecule has 1 saturated heterocycles. The fourth-order valence-electron chi connectivity index (χ4n) is 5.93. The molecule has 6 unspecified atom stereocenters. The van der Waals surface area contributed by atoms with Crippen molar-refractivity contribution >= 4 is 23.0 Å². The minimum Gasteiger partial charge on any atom is -0.490 e. The number of aliphatic hydroxyl groups excluding tert-OH is 4. The van der Waals surface area contributed by atoms with Gasteiger partial charge in [-0.1, -0.05) is 31.4 Å². The number of hydrogen-bond acceptors (Lipinski definition) is 10. The number of carbonyl (C=O) groups is 1. The van der Waals surface area contributed by atoms with E-state index in [9.17, 15) is 25.2 Å². The molecule has 10 heteroatoms. The van der Waals surface area contributed by atoms with Gasteiger partial charge in [-0.05, 0) is 37.7 Å². The van der Waals surface area contributed by atoms with Gasteiger partial charge in [-0.2, -0.15) is 0 Å². The van der Waals surface area contributed by atoms with Crippen LogP contribution in [-0.4, -0.2) is 77.4 Å². The van der Waals surface area contributed by atoms with Crippen molar-refractivity contribution in [1.29, 1.82) is 0 Å². The van der Waals surface area contributed by atoms with Gasteiger partial charge in [0.05, 0.1) is 32.5 Å². The highest BCUT2D eigenvalue weighted by Gasteiger charge is 2.46. The Balaban J connectivity index is 1.64. The average Bonchev–Trinajstić information content (AvgIpc) is 3.38. The molecule has 1 aliphatic heterocycles. The van der Waals surface area contributed by atoms with Crippen LogP contribution in [-0.2, 0) is 20.7 Å². The molecule has 0 bridgehead atoms.